The monoisotopic (exact) mass is 594 g/mol. The fraction of sp³-hybridized carbons (Fsp3) is 0.909. The molecule has 0 unspecified atom stereocenters. The fourth-order valence-electron chi connectivity index (χ4n) is 2.93. The minimum absolute atomic E-state index is 0.00460. The highest BCUT2D eigenvalue weighted by Gasteiger charge is 2.30. The Kier molecular flexibility index (Phi) is 23.2. The van der Waals surface area contributed by atoms with Gasteiger partial charge in [-0.3, -0.25) is 14.2 Å². The Morgan fingerprint density at radius 3 is 1.43 bits per heavy atom. The highest BCUT2D eigenvalue weighted by atomic mass is 35.5. The normalized spacial score (nSPS) is 16.0. The first kappa shape index (κ1) is 36.6. The average molecular weight is 595 g/mol. The smallest absolute Gasteiger partial charge is 0.340 e. The molecule has 0 atom stereocenters. The second-order valence-corrected chi connectivity index (χ2v) is 10.7. The summed E-state index contributed by atoms with van der Waals surface area (Å²) < 4.78 is 48.0. The van der Waals surface area contributed by atoms with Crippen LogP contribution in [0.4, 0.5) is 0 Å². The second kappa shape index (κ2) is 23.5. The van der Waals surface area contributed by atoms with E-state index in [0.717, 1.165) is 0 Å². The highest BCUT2D eigenvalue weighted by Crippen LogP contribution is 2.48. The first-order valence-corrected chi connectivity index (χ1v) is 16.0. The fourth-order valence-corrected chi connectivity index (χ4v) is 5.53. The van der Waals surface area contributed by atoms with Crippen LogP contribution in [0.25, 0.3) is 0 Å². The molecule has 220 valence electrons. The zero-order chi connectivity index (χ0) is 27.9. The maximum Gasteiger partial charge on any atom is 0.340 e. The van der Waals surface area contributed by atoms with E-state index in [0.29, 0.717) is 72.4 Å². The Morgan fingerprint density at radius 1 is 0.730 bits per heavy atom. The summed E-state index contributed by atoms with van der Waals surface area (Å²) in [5.41, 5.74) is 0. The zero-order valence-electron chi connectivity index (χ0n) is 22.9. The van der Waals surface area contributed by atoms with E-state index in [4.69, 9.17) is 43.7 Å². The number of nitrogens with zero attached hydrogens (tertiary/aromatic N) is 2. The standard InChI is InChI=1S/C10H20NO5P.C6H10ClNO2.C6H15O3P/c1-3-15-17(13,16-4-2)9-10(12)11-5-7-14-8-6-11;7-5-6(9)8-1-3-10-4-2-8;1-4-7-10(8-5-2)9-6-3/h3-9H2,1-2H3;1-5H2;4-6H2,1-3H3. The zero-order valence-corrected chi connectivity index (χ0v) is 25.4. The number of hydrogen-bond acceptors (Lipinski definition) is 10. The Hall–Kier alpha value is -0.390. The van der Waals surface area contributed by atoms with Gasteiger partial charge in [0.25, 0.3) is 0 Å². The molecule has 0 radical (unpaired) electrons. The molecule has 0 spiro atoms. The third kappa shape index (κ3) is 17.7. The van der Waals surface area contributed by atoms with Crippen molar-refractivity contribution in [3.05, 3.63) is 0 Å². The van der Waals surface area contributed by atoms with Gasteiger partial charge >= 0.3 is 16.2 Å². The van der Waals surface area contributed by atoms with Gasteiger partial charge in [0.15, 0.2) is 0 Å². The van der Waals surface area contributed by atoms with E-state index in [1.165, 1.54) is 0 Å². The topological polar surface area (TPSA) is 122 Å². The van der Waals surface area contributed by atoms with Crippen LogP contribution in [0.1, 0.15) is 34.6 Å². The summed E-state index contributed by atoms with van der Waals surface area (Å²) in [5, 5.41) is 0. The Balaban J connectivity index is 0.000000559. The maximum absolute atomic E-state index is 12.1. The van der Waals surface area contributed by atoms with Gasteiger partial charge in [-0.25, -0.2) is 0 Å². The van der Waals surface area contributed by atoms with Crippen LogP contribution in [0.15, 0.2) is 0 Å². The Morgan fingerprint density at radius 2 is 1.11 bits per heavy atom. The largest absolute Gasteiger partial charge is 0.378 e. The van der Waals surface area contributed by atoms with Crippen molar-refractivity contribution < 1.29 is 46.2 Å². The third-order valence-corrected chi connectivity index (χ3v) is 8.12. The summed E-state index contributed by atoms with van der Waals surface area (Å²) in [6.45, 7) is 16.5. The molecule has 15 heteroatoms. The number of hydrogen-bond donors (Lipinski definition) is 0. The predicted molar refractivity (Wildman–Crippen MR) is 143 cm³/mol. The number of ether oxygens (including phenoxy) is 2. The van der Waals surface area contributed by atoms with Crippen LogP contribution in [-0.4, -0.2) is 119 Å². The average Bonchev–Trinajstić information content (AvgIpc) is 2.90. The molecule has 2 amide bonds. The molecule has 2 fully saturated rings. The van der Waals surface area contributed by atoms with Crippen molar-refractivity contribution in [2.24, 2.45) is 0 Å². The molecular formula is C22H45ClN2O10P2. The summed E-state index contributed by atoms with van der Waals surface area (Å²) in [5.74, 6) is -0.108. The second-order valence-electron chi connectivity index (χ2n) is 7.20. The van der Waals surface area contributed by atoms with Crippen molar-refractivity contribution >= 4 is 39.6 Å². The molecule has 0 N–H and O–H groups in total. The molecular weight excluding hydrogens is 550 g/mol. The molecule has 0 aromatic rings. The van der Waals surface area contributed by atoms with Crippen molar-refractivity contribution in [3.8, 4) is 0 Å². The Labute approximate surface area is 228 Å². The van der Waals surface area contributed by atoms with Crippen molar-refractivity contribution in [2.45, 2.75) is 34.6 Å². The minimum atomic E-state index is -3.27. The lowest BCUT2D eigenvalue weighted by atomic mass is 10.4. The maximum atomic E-state index is 12.1. The summed E-state index contributed by atoms with van der Waals surface area (Å²) in [7, 11) is -4.34. The van der Waals surface area contributed by atoms with E-state index in [2.05, 4.69) is 0 Å². The van der Waals surface area contributed by atoms with Crippen LogP contribution in [0.2, 0.25) is 0 Å². The van der Waals surface area contributed by atoms with Crippen LogP contribution in [0.3, 0.4) is 0 Å². The van der Waals surface area contributed by atoms with Gasteiger partial charge in [-0.1, -0.05) is 0 Å². The highest BCUT2D eigenvalue weighted by molar-refractivity contribution is 7.54. The van der Waals surface area contributed by atoms with Gasteiger partial charge in [0.05, 0.1) is 59.5 Å². The molecule has 2 aliphatic heterocycles. The van der Waals surface area contributed by atoms with Gasteiger partial charge in [-0.2, -0.15) is 0 Å². The summed E-state index contributed by atoms with van der Waals surface area (Å²) in [6.07, 6.45) is -0.186. The van der Waals surface area contributed by atoms with Crippen LogP contribution >= 0.6 is 27.8 Å². The predicted octanol–water partition coefficient (Wildman–Crippen LogP) is 3.52. The number of amides is 2. The molecule has 2 heterocycles. The van der Waals surface area contributed by atoms with Crippen molar-refractivity contribution in [1.29, 1.82) is 0 Å². The lowest BCUT2D eigenvalue weighted by molar-refractivity contribution is -0.133. The molecule has 12 nitrogen and oxygen atoms in total. The number of carbonyl (C=O) groups excluding carboxylic acids is 2. The molecule has 0 aromatic carbocycles. The van der Waals surface area contributed by atoms with Gasteiger partial charge in [0.2, 0.25) is 11.8 Å². The number of morpholine rings is 2. The van der Waals surface area contributed by atoms with Gasteiger partial charge in [0, 0.05) is 26.2 Å². The minimum Gasteiger partial charge on any atom is -0.378 e. The first-order chi connectivity index (χ1) is 17.8. The molecule has 2 rings (SSSR count). The van der Waals surface area contributed by atoms with E-state index in [1.807, 2.05) is 20.8 Å². The van der Waals surface area contributed by atoms with Crippen molar-refractivity contribution in [3.63, 3.8) is 0 Å². The number of halogens is 1. The third-order valence-electron chi connectivity index (χ3n) is 4.53. The lowest BCUT2D eigenvalue weighted by Gasteiger charge is -2.28. The molecule has 2 saturated heterocycles. The molecule has 0 saturated carbocycles. The van der Waals surface area contributed by atoms with Gasteiger partial charge < -0.3 is 41.9 Å². The van der Waals surface area contributed by atoms with Gasteiger partial charge in [-0.15, -0.1) is 11.6 Å². The molecule has 37 heavy (non-hydrogen) atoms. The Bertz CT molecular complexity index is 614. The number of carbonyl (C=O) groups is 2. The van der Waals surface area contributed by atoms with E-state index in [9.17, 15) is 14.2 Å². The SMILES string of the molecule is CCOP(=O)(CC(=O)N1CCOCC1)OCC.CCOP(OCC)OCC.O=C(CCl)N1CCOCC1. The molecule has 0 aromatic heterocycles. The van der Waals surface area contributed by atoms with Crippen LogP contribution in [0.5, 0.6) is 0 Å². The van der Waals surface area contributed by atoms with E-state index < -0.39 is 16.2 Å². The first-order valence-electron chi connectivity index (χ1n) is 12.6. The van der Waals surface area contributed by atoms with Gasteiger partial charge in [-0.05, 0) is 34.6 Å². The quantitative estimate of drug-likeness (QED) is 0.231. The van der Waals surface area contributed by atoms with Crippen molar-refractivity contribution in [1.82, 2.24) is 9.80 Å². The summed E-state index contributed by atoms with van der Waals surface area (Å²) >= 11 is 5.35. The van der Waals surface area contributed by atoms with E-state index in [-0.39, 0.29) is 37.1 Å². The van der Waals surface area contributed by atoms with E-state index in [1.54, 1.807) is 23.6 Å². The van der Waals surface area contributed by atoms with E-state index >= 15 is 0 Å². The molecule has 0 aliphatic carbocycles. The number of alkyl halides is 1. The summed E-state index contributed by atoms with van der Waals surface area (Å²) in [6, 6.07) is 0. The lowest BCUT2D eigenvalue weighted by Crippen LogP contribution is -2.42. The molecule has 0 bridgehead atoms. The summed E-state index contributed by atoms with van der Waals surface area (Å²) in [4.78, 5) is 26.2. The van der Waals surface area contributed by atoms with Crippen molar-refractivity contribution in [2.75, 3.05) is 97.7 Å². The van der Waals surface area contributed by atoms with Crippen LogP contribution < -0.4 is 0 Å². The van der Waals surface area contributed by atoms with Gasteiger partial charge in [0.1, 0.15) is 12.0 Å². The van der Waals surface area contributed by atoms with Crippen LogP contribution in [0, 0.1) is 0 Å². The number of rotatable bonds is 13. The molecule has 2 aliphatic rings. The van der Waals surface area contributed by atoms with Crippen LogP contribution in [-0.2, 0) is 46.2 Å².